The van der Waals surface area contributed by atoms with Gasteiger partial charge >= 0.3 is 5.63 Å². The molecule has 0 spiro atoms. The molecule has 0 fully saturated rings. The van der Waals surface area contributed by atoms with E-state index in [1.165, 1.54) is 12.1 Å². The van der Waals surface area contributed by atoms with Crippen molar-refractivity contribution in [2.24, 2.45) is 0 Å². The number of Topliss-reactive ketones (excluding diaryl/α,β-unsaturated/α-hetero) is 1. The molecule has 0 saturated heterocycles. The number of para-hydroxylation sites is 1. The molecule has 7 heteroatoms. The van der Waals surface area contributed by atoms with E-state index in [9.17, 15) is 14.9 Å². The number of benzene rings is 5. The smallest absolute Gasteiger partial charge is 0.347 e. The van der Waals surface area contributed by atoms with Gasteiger partial charge in [0.25, 0.3) is 5.69 Å². The summed E-state index contributed by atoms with van der Waals surface area (Å²) in [5.41, 5.74) is -0.308. The minimum atomic E-state index is -2.83. The maximum atomic E-state index is 15.0. The highest BCUT2D eigenvalue weighted by Crippen LogP contribution is 2.61. The Hall–Kier alpha value is -5.19. The summed E-state index contributed by atoms with van der Waals surface area (Å²) in [6.07, 6.45) is 0.246. The molecule has 0 bridgehead atoms. The van der Waals surface area contributed by atoms with Crippen LogP contribution in [-0.4, -0.2) is 16.4 Å². The molecule has 210 valence electrons. The molecule has 0 N–H and O–H groups in total. The number of non-ortho nitro benzene ring substituents is 1. The van der Waals surface area contributed by atoms with Crippen LogP contribution in [0.2, 0.25) is 0 Å². The van der Waals surface area contributed by atoms with Crippen molar-refractivity contribution in [1.82, 2.24) is 0 Å². The number of fused-ring (bicyclic) bond motifs is 1. The van der Waals surface area contributed by atoms with Crippen molar-refractivity contribution in [1.29, 1.82) is 0 Å². The van der Waals surface area contributed by atoms with Gasteiger partial charge in [0, 0.05) is 23.9 Å². The van der Waals surface area contributed by atoms with Crippen molar-refractivity contribution in [2.45, 2.75) is 12.1 Å². The minimum absolute atomic E-state index is 0.0159. The van der Waals surface area contributed by atoms with E-state index in [1.54, 1.807) is 30.3 Å². The molecule has 6 aromatic rings. The number of ketones is 1. The van der Waals surface area contributed by atoms with Crippen molar-refractivity contribution >= 4 is 45.6 Å². The second kappa shape index (κ2) is 12.0. The molecule has 0 aliphatic rings. The van der Waals surface area contributed by atoms with Gasteiger partial charge in [-0.2, -0.15) is 0 Å². The summed E-state index contributed by atoms with van der Waals surface area (Å²) in [7, 11) is -2.83. The first-order valence-corrected chi connectivity index (χ1v) is 15.7. The first-order chi connectivity index (χ1) is 21.0. The third kappa shape index (κ3) is 5.29. The fourth-order valence-electron chi connectivity index (χ4n) is 5.77. The van der Waals surface area contributed by atoms with Crippen LogP contribution in [0.15, 0.2) is 155 Å². The van der Waals surface area contributed by atoms with Gasteiger partial charge in [0.1, 0.15) is 34.3 Å². The van der Waals surface area contributed by atoms with Gasteiger partial charge in [0.05, 0.1) is 4.92 Å². The van der Waals surface area contributed by atoms with Gasteiger partial charge in [-0.3, -0.25) is 14.9 Å². The lowest BCUT2D eigenvalue weighted by Gasteiger charge is -2.34. The molecule has 0 saturated carbocycles. The summed E-state index contributed by atoms with van der Waals surface area (Å²) in [5.74, 6) is -0.331. The van der Waals surface area contributed by atoms with Crippen LogP contribution in [-0.2, 0) is 6.42 Å². The first-order valence-electron chi connectivity index (χ1n) is 13.8. The molecule has 6 nitrogen and oxygen atoms in total. The van der Waals surface area contributed by atoms with Crippen LogP contribution in [0.1, 0.15) is 15.9 Å². The maximum absolute atomic E-state index is 15.0. The van der Waals surface area contributed by atoms with E-state index >= 15 is 4.79 Å². The molecule has 5 aromatic carbocycles. The summed E-state index contributed by atoms with van der Waals surface area (Å²) in [4.78, 5) is 39.4. The van der Waals surface area contributed by atoms with E-state index in [1.807, 2.05) is 103 Å². The molecular weight excluding hydrogens is 557 g/mol. The fourth-order valence-corrected chi connectivity index (χ4v) is 10.6. The quantitative estimate of drug-likeness (QED) is 0.0637. The largest absolute Gasteiger partial charge is 0.422 e. The van der Waals surface area contributed by atoms with Crippen LogP contribution in [0.25, 0.3) is 11.0 Å². The van der Waals surface area contributed by atoms with E-state index < -0.39 is 23.5 Å². The molecule has 1 unspecified atom stereocenters. The normalized spacial score (nSPS) is 12.1. The average Bonchev–Trinajstić information content (AvgIpc) is 3.06. The topological polar surface area (TPSA) is 90.4 Å². The number of carbonyl (C=O) groups is 1. The van der Waals surface area contributed by atoms with Gasteiger partial charge in [-0.1, -0.05) is 84.9 Å². The van der Waals surface area contributed by atoms with Crippen LogP contribution in [0.4, 0.5) is 5.69 Å². The summed E-state index contributed by atoms with van der Waals surface area (Å²) in [5, 5.41) is 15.0. The number of nitro benzene ring substituents is 1. The second-order valence-electron chi connectivity index (χ2n) is 10.2. The Morgan fingerprint density at radius 2 is 1.19 bits per heavy atom. The Balaban J connectivity index is 1.66. The van der Waals surface area contributed by atoms with Crippen LogP contribution in [0.5, 0.6) is 0 Å². The molecule has 43 heavy (non-hydrogen) atoms. The highest BCUT2D eigenvalue weighted by molar-refractivity contribution is 7.97. The van der Waals surface area contributed by atoms with E-state index in [-0.39, 0.29) is 23.5 Å². The van der Waals surface area contributed by atoms with Crippen LogP contribution >= 0.6 is 7.26 Å². The van der Waals surface area contributed by atoms with Crippen molar-refractivity contribution in [3.63, 3.8) is 0 Å². The number of rotatable bonds is 9. The van der Waals surface area contributed by atoms with Crippen molar-refractivity contribution in [3.05, 3.63) is 177 Å². The molecule has 1 heterocycles. The van der Waals surface area contributed by atoms with Crippen molar-refractivity contribution in [3.8, 4) is 0 Å². The average molecular weight is 585 g/mol. The van der Waals surface area contributed by atoms with Crippen LogP contribution < -0.4 is 21.5 Å². The highest BCUT2D eigenvalue weighted by atomic mass is 31.2. The molecular formula is C36H27NO5P+. The van der Waals surface area contributed by atoms with Gasteiger partial charge in [0.2, 0.25) is 5.78 Å². The predicted octanol–water partition coefficient (Wildman–Crippen LogP) is 6.49. The van der Waals surface area contributed by atoms with Crippen molar-refractivity contribution in [2.75, 3.05) is 0 Å². The minimum Gasteiger partial charge on any atom is -0.422 e. The zero-order chi connectivity index (χ0) is 29.8. The Bertz CT molecular complexity index is 1860. The van der Waals surface area contributed by atoms with Crippen LogP contribution in [0, 0.1) is 10.1 Å². The molecule has 0 amide bonds. The third-order valence-electron chi connectivity index (χ3n) is 7.74. The lowest BCUT2D eigenvalue weighted by molar-refractivity contribution is -0.384. The number of nitrogens with zero attached hydrogens (tertiary/aromatic N) is 1. The van der Waals surface area contributed by atoms with E-state index in [0.717, 1.165) is 21.5 Å². The van der Waals surface area contributed by atoms with Gasteiger partial charge in [0.15, 0.2) is 5.66 Å². The van der Waals surface area contributed by atoms with Gasteiger partial charge in [-0.25, -0.2) is 4.79 Å². The lowest BCUT2D eigenvalue weighted by atomic mass is 10.0. The van der Waals surface area contributed by atoms with Crippen LogP contribution in [0.3, 0.4) is 0 Å². The Labute approximate surface area is 248 Å². The monoisotopic (exact) mass is 584 g/mol. The molecule has 0 radical (unpaired) electrons. The predicted molar refractivity (Wildman–Crippen MR) is 173 cm³/mol. The summed E-state index contributed by atoms with van der Waals surface area (Å²) < 4.78 is 5.65. The Morgan fingerprint density at radius 1 is 0.698 bits per heavy atom. The number of hydrogen-bond acceptors (Lipinski definition) is 5. The lowest BCUT2D eigenvalue weighted by Crippen LogP contribution is -2.44. The maximum Gasteiger partial charge on any atom is 0.347 e. The third-order valence-corrected chi connectivity index (χ3v) is 12.4. The summed E-state index contributed by atoms with van der Waals surface area (Å²) in [6, 6.07) is 45.0. The summed E-state index contributed by atoms with van der Waals surface area (Å²) >= 11 is 0. The van der Waals surface area contributed by atoms with Gasteiger partial charge in [-0.15, -0.1) is 0 Å². The second-order valence-corrected chi connectivity index (χ2v) is 13.8. The SMILES string of the molecule is O=C(c1cc2ccccc2oc1=O)C(Cc1ccc([N+](=O)[O-])cc1)[P+](c1ccccc1)(c1ccccc1)c1ccccc1. The fraction of sp³-hybridized carbons (Fsp3) is 0.0556. The van der Waals surface area contributed by atoms with E-state index in [4.69, 9.17) is 4.42 Å². The molecule has 6 rings (SSSR count). The van der Waals surface area contributed by atoms with E-state index in [2.05, 4.69) is 0 Å². The zero-order valence-electron chi connectivity index (χ0n) is 23.1. The van der Waals surface area contributed by atoms with Crippen molar-refractivity contribution < 1.29 is 14.1 Å². The highest BCUT2D eigenvalue weighted by Gasteiger charge is 2.56. The summed E-state index contributed by atoms with van der Waals surface area (Å²) in [6.45, 7) is 0. The van der Waals surface area contributed by atoms with Gasteiger partial charge < -0.3 is 4.42 Å². The molecule has 1 atom stereocenters. The Kier molecular flexibility index (Phi) is 7.78. The molecule has 0 aliphatic heterocycles. The Morgan fingerprint density at radius 3 is 1.70 bits per heavy atom. The molecule has 1 aromatic heterocycles. The van der Waals surface area contributed by atoms with E-state index in [0.29, 0.717) is 11.0 Å². The zero-order valence-corrected chi connectivity index (χ0v) is 24.0. The van der Waals surface area contributed by atoms with Gasteiger partial charge in [-0.05, 0) is 54.1 Å². The number of carbonyl (C=O) groups excluding carboxylic acids is 1. The molecule has 0 aliphatic carbocycles. The standard InChI is InChI=1S/C36H27NO5P/c38-35(32-25-27-12-10-11-19-33(27)42-36(32)39)34(24-26-20-22-28(23-21-26)37(40)41)43(29-13-4-1-5-14-29,30-15-6-2-7-16-30)31-17-8-3-9-18-31/h1-23,25,34H,24H2/q+1. The number of hydrogen-bond donors (Lipinski definition) is 0. The first kappa shape index (κ1) is 28.0. The number of nitro groups is 1.